The van der Waals surface area contributed by atoms with Crippen LogP contribution >= 0.6 is 11.8 Å². The minimum absolute atomic E-state index is 0.0121. The normalized spacial score (nSPS) is 23.3. The highest BCUT2D eigenvalue weighted by molar-refractivity contribution is 7.98. The molecule has 16 N–H and O–H groups in total. The number of phenolic OH excluding ortho intramolecular Hbond substituents is 1. The minimum Gasteiger partial charge on any atom is -0.508 e. The van der Waals surface area contributed by atoms with Gasteiger partial charge in [-0.3, -0.25) is 62.9 Å². The summed E-state index contributed by atoms with van der Waals surface area (Å²) in [5.41, 5.74) is 3.76. The third-order valence-corrected chi connectivity index (χ3v) is 28.3. The number of carbonyl (C=O) groups excluding carboxylic acids is 14. The summed E-state index contributed by atoms with van der Waals surface area (Å²) in [5, 5.41) is 117. The van der Waals surface area contributed by atoms with Gasteiger partial charge in [-0.05, 0) is 139 Å². The molecule has 3 aromatic rings. The SMILES string of the molecule is CCC(C)[C@H](NC(=O)[C@@H](CC=O)CCSC)C(=O)C[C@H](C(=O)N[C@H](C(=O)C[C@@H](CC(C)C)C(=O)NCC[C@@H](O)[C@@H]1NC(=O)[C@H]([C@H](O)[C@@H](O)c2ccc(O)cc2)CC(=O)[C@@H]2C[C@@H](O)CN2C(=O)[C@H]([C@@H](C)O)NC(=O)[C@@H](CC(=O)CCCCCCCC[C@@H](C)C[C@@H](C)CC)C[C@@H](O)[C@@H](NCCNC(=O)OCC2c3ccccc3-c3ccccc32)NC(=O)[C@@H]2[C@@H](O)CCN2C1=O)C(C)CC)C(C)C. The van der Waals surface area contributed by atoms with Gasteiger partial charge < -0.3 is 97.4 Å². The Hall–Kier alpha value is -9.13. The van der Waals surface area contributed by atoms with E-state index < -0.39 is 261 Å². The average Bonchev–Trinajstić information content (AvgIpc) is 1.61. The molecule has 23 atom stereocenters. The molecule has 0 bridgehead atoms. The number of amides is 9. The van der Waals surface area contributed by atoms with Crippen molar-refractivity contribution in [2.24, 2.45) is 65.1 Å². The second kappa shape index (κ2) is 56.1. The van der Waals surface area contributed by atoms with Gasteiger partial charge in [0.25, 0.3) is 0 Å². The van der Waals surface area contributed by atoms with Crippen molar-refractivity contribution < 1.29 is 113 Å². The van der Waals surface area contributed by atoms with Gasteiger partial charge in [0, 0.05) is 107 Å². The van der Waals surface area contributed by atoms with E-state index in [-0.39, 0.29) is 80.9 Å². The lowest BCUT2D eigenvalue weighted by Gasteiger charge is -2.35. The van der Waals surface area contributed by atoms with Gasteiger partial charge in [-0.2, -0.15) is 11.8 Å². The van der Waals surface area contributed by atoms with Crippen LogP contribution in [-0.2, 0) is 67.1 Å². The van der Waals surface area contributed by atoms with Crippen LogP contribution in [0.15, 0.2) is 72.8 Å². The number of aliphatic hydroxyl groups excluding tert-OH is 7. The predicted molar refractivity (Wildman–Crippen MR) is 511 cm³/mol. The summed E-state index contributed by atoms with van der Waals surface area (Å²) in [6.07, 6.45) is -8.54. The summed E-state index contributed by atoms with van der Waals surface area (Å²) < 4.78 is 5.79. The number of ketones is 4. The zero-order valence-electron chi connectivity index (χ0n) is 81.2. The molecule has 3 fully saturated rings. The number of phenols is 1. The number of unbranched alkanes of at least 4 members (excludes halogenated alkanes) is 5. The lowest BCUT2D eigenvalue weighted by Crippen LogP contribution is -2.63. The monoisotopic (exact) mass is 1910 g/mol. The van der Waals surface area contributed by atoms with E-state index in [1.807, 2.05) is 82.5 Å². The molecule has 1 aliphatic carbocycles. The number of ether oxygens (including phenoxy) is 1. The van der Waals surface area contributed by atoms with Crippen LogP contribution in [0, 0.1) is 65.1 Å². The Morgan fingerprint density at radius 1 is 0.607 bits per heavy atom. The van der Waals surface area contributed by atoms with Crippen molar-refractivity contribution in [1.29, 1.82) is 0 Å². The van der Waals surface area contributed by atoms with Crippen molar-refractivity contribution in [3.05, 3.63) is 89.5 Å². The molecular weight excluding hydrogens is 1750 g/mol. The predicted octanol–water partition coefficient (Wildman–Crippen LogP) is 7.48. The number of carbonyl (C=O) groups is 14. The van der Waals surface area contributed by atoms with Crippen molar-refractivity contribution in [2.75, 3.05) is 51.3 Å². The van der Waals surface area contributed by atoms with E-state index in [1.54, 1.807) is 27.7 Å². The van der Waals surface area contributed by atoms with Crippen molar-refractivity contribution in [3.8, 4) is 16.9 Å². The summed E-state index contributed by atoms with van der Waals surface area (Å²) in [6.45, 7) is 20.0. The number of fused-ring (bicyclic) bond motifs is 5. The Morgan fingerprint density at radius 2 is 1.21 bits per heavy atom. The molecule has 3 heterocycles. The fourth-order valence-corrected chi connectivity index (χ4v) is 19.4. The fraction of sp³-hybridized carbons (Fsp3) is 0.683. The van der Waals surface area contributed by atoms with Crippen LogP contribution < -0.4 is 42.5 Å². The molecule has 3 aromatic carbocycles. The first-order valence-electron chi connectivity index (χ1n) is 49.0. The maximum atomic E-state index is 15.9. The Morgan fingerprint density at radius 3 is 1.81 bits per heavy atom. The molecule has 752 valence electrons. The van der Waals surface area contributed by atoms with Gasteiger partial charge in [-0.1, -0.05) is 195 Å². The van der Waals surface area contributed by atoms with Crippen LogP contribution in [0.2, 0.25) is 0 Å². The quantitative estimate of drug-likeness (QED) is 0.0192. The molecule has 34 heteroatoms. The van der Waals surface area contributed by atoms with E-state index in [0.717, 1.165) is 96.1 Å². The van der Waals surface area contributed by atoms with Crippen LogP contribution in [0.5, 0.6) is 5.75 Å². The molecule has 33 nitrogen and oxygen atoms in total. The second-order valence-corrected chi connectivity index (χ2v) is 40.0. The molecule has 0 aromatic heterocycles. The summed E-state index contributed by atoms with van der Waals surface area (Å²) in [6, 6.07) is 10.1. The Bertz CT molecular complexity index is 4340. The van der Waals surface area contributed by atoms with E-state index in [0.29, 0.717) is 56.0 Å². The van der Waals surface area contributed by atoms with Gasteiger partial charge in [0.2, 0.25) is 47.3 Å². The number of nitrogens with one attached hydrogen (secondary N) is 8. The van der Waals surface area contributed by atoms with E-state index in [1.165, 1.54) is 23.9 Å². The number of aldehydes is 1. The van der Waals surface area contributed by atoms with Gasteiger partial charge >= 0.3 is 6.09 Å². The first-order valence-corrected chi connectivity index (χ1v) is 50.4. The summed E-state index contributed by atoms with van der Waals surface area (Å²) in [5.74, 6) is -17.1. The first kappa shape index (κ1) is 113. The highest BCUT2D eigenvalue weighted by atomic mass is 32.2. The number of alkyl carbamates (subject to hydrolysis) is 1. The van der Waals surface area contributed by atoms with E-state index in [9.17, 15) is 79.2 Å². The molecule has 7 rings (SSSR count). The van der Waals surface area contributed by atoms with Crippen molar-refractivity contribution in [3.63, 3.8) is 0 Å². The number of nitrogens with zero attached hydrogens (tertiary/aromatic N) is 2. The Labute approximate surface area is 800 Å². The molecular formula is C101H154N10O23S. The van der Waals surface area contributed by atoms with Gasteiger partial charge in [0.05, 0.1) is 60.7 Å². The Kier molecular flexibility index (Phi) is 46.9. The lowest BCUT2D eigenvalue weighted by atomic mass is 9.83. The van der Waals surface area contributed by atoms with E-state index >= 15 is 28.8 Å². The largest absolute Gasteiger partial charge is 0.508 e. The molecule has 0 radical (unpaired) electrons. The van der Waals surface area contributed by atoms with Gasteiger partial charge in [0.1, 0.15) is 54.8 Å². The highest BCUT2D eigenvalue weighted by Gasteiger charge is 2.50. The minimum atomic E-state index is -2.35. The second-order valence-electron chi connectivity index (χ2n) is 39.0. The average molecular weight is 1910 g/mol. The van der Waals surface area contributed by atoms with Crippen LogP contribution in [0.1, 0.15) is 259 Å². The number of aromatic hydroxyl groups is 1. The fourth-order valence-electron chi connectivity index (χ4n) is 18.9. The molecule has 3 aliphatic heterocycles. The summed E-state index contributed by atoms with van der Waals surface area (Å²) >= 11 is 1.51. The van der Waals surface area contributed by atoms with Crippen LogP contribution in [-0.4, -0.2) is 264 Å². The number of Topliss-reactive ketones (excluding diaryl/α,β-unsaturated/α-hetero) is 4. The van der Waals surface area contributed by atoms with Crippen LogP contribution in [0.3, 0.4) is 0 Å². The summed E-state index contributed by atoms with van der Waals surface area (Å²) in [7, 11) is 0. The van der Waals surface area contributed by atoms with Gasteiger partial charge in [-0.15, -0.1) is 0 Å². The molecule has 9 amide bonds. The van der Waals surface area contributed by atoms with Crippen LogP contribution in [0.25, 0.3) is 11.1 Å². The maximum Gasteiger partial charge on any atom is 0.407 e. The number of rotatable bonds is 51. The number of thioether (sulfide) groups is 1. The van der Waals surface area contributed by atoms with E-state index in [2.05, 4.69) is 63.3 Å². The van der Waals surface area contributed by atoms with Gasteiger partial charge in [-0.25, -0.2) is 4.79 Å². The van der Waals surface area contributed by atoms with Crippen molar-refractivity contribution in [2.45, 2.75) is 322 Å². The van der Waals surface area contributed by atoms with Crippen molar-refractivity contribution in [1.82, 2.24) is 52.3 Å². The molecule has 0 spiro atoms. The zero-order valence-corrected chi connectivity index (χ0v) is 82.1. The number of aliphatic hydroxyl groups is 7. The maximum absolute atomic E-state index is 15.9. The van der Waals surface area contributed by atoms with Gasteiger partial charge in [0.15, 0.2) is 17.3 Å². The Balaban J connectivity index is 1.22. The molecule has 3 saturated heterocycles. The number of hydrogen-bond donors (Lipinski definition) is 16. The lowest BCUT2D eigenvalue weighted by molar-refractivity contribution is -0.149. The third kappa shape index (κ3) is 33.3. The highest BCUT2D eigenvalue weighted by Crippen LogP contribution is 2.45. The smallest absolute Gasteiger partial charge is 0.407 e. The standard InChI is InChI=1S/C101H154N10O23S/c1-14-59(8)48-60(9)27-21-19-17-18-20-22-28-69(115)49-67-51-84(122)92(102-42-43-104-101(133)134-56-77-73-31-25-23-29-71(73)72-30-24-26-32-74(72)77)109-98(130)89-80(118)38-44-110(89)100(132)88(108-97(129)76(91(124)90(123)64-33-35-68(114)36-34-64)54-81(119)78-52-70(116)55-111(78)99(131)87(63(12)113)107-95(67)127)79(117)37-41-103-93(125)66(47-57(4)5)50-82(120)85(61(10)15-2)106-96(128)75(58(6)7)53-83(121)86(62(11)16-3)105-94(126)65(39-45-112)40-46-135-13/h23-26,29-36,45,57-63,65-67,70,75-80,84-92,102,113-114,116-118,122-124H,14-22,27-28,37-44,46-56H2,1-13H3,(H,103,125)(H,104,133)(H,105,126)(H,106,128)(H,107,127)(H,108,129)(H,109,130)/t59-,60+,61?,62?,63+,65-,66+,67-,70+,75-,76-,78-,79+,80-,84+,85-,86-,87-,88-,89-,90-,91-,92-/m0/s1. The summed E-state index contributed by atoms with van der Waals surface area (Å²) in [4.78, 5) is 206. The topological polar surface area (TPSA) is 513 Å². The number of benzene rings is 3. The third-order valence-electron chi connectivity index (χ3n) is 27.6. The zero-order chi connectivity index (χ0) is 99.6. The van der Waals surface area contributed by atoms with Crippen LogP contribution in [0.4, 0.5) is 4.79 Å². The van der Waals surface area contributed by atoms with E-state index in [4.69, 9.17) is 4.74 Å². The molecule has 2 unspecified atom stereocenters. The first-order chi connectivity index (χ1) is 64.2. The van der Waals surface area contributed by atoms with Crippen molar-refractivity contribution >= 4 is 94.5 Å². The number of hydrogen-bond acceptors (Lipinski definition) is 25. The molecule has 135 heavy (non-hydrogen) atoms. The molecule has 4 aliphatic rings. The molecule has 0 saturated carbocycles.